The molecule has 0 aliphatic carbocycles. The normalized spacial score (nSPS) is 19.7. The van der Waals surface area contributed by atoms with Crippen LogP contribution in [0.1, 0.15) is 39.7 Å². The zero-order valence-corrected chi connectivity index (χ0v) is 27.0. The Morgan fingerprint density at radius 1 is 1.05 bits per heavy atom. The number of alkyl carbamates (subject to hydrolysis) is 2. The van der Waals surface area contributed by atoms with Crippen molar-refractivity contribution in [3.05, 3.63) is 35.9 Å². The SMILES string of the molecule is COC(=O)CCNC(=O)[C@@H]1OP(=O)(OCOC(=O)NCCSC(=O)[C@@H](NC(=O)OCc2ccccc2)C(C)C)OCC1(C)C. The van der Waals surface area contributed by atoms with Crippen molar-refractivity contribution < 1.29 is 56.3 Å². The van der Waals surface area contributed by atoms with Gasteiger partial charge in [0.15, 0.2) is 6.10 Å². The van der Waals surface area contributed by atoms with E-state index in [4.69, 9.17) is 23.0 Å². The molecule has 1 fully saturated rings. The monoisotopic (exact) mass is 661 g/mol. The molecule has 3 N–H and O–H groups in total. The van der Waals surface area contributed by atoms with E-state index in [1.807, 2.05) is 30.3 Å². The summed E-state index contributed by atoms with van der Waals surface area (Å²) in [5.41, 5.74) is -0.0736. The highest BCUT2D eigenvalue weighted by Crippen LogP contribution is 2.57. The minimum Gasteiger partial charge on any atom is -0.469 e. The van der Waals surface area contributed by atoms with Gasteiger partial charge in [0.1, 0.15) is 12.6 Å². The summed E-state index contributed by atoms with van der Waals surface area (Å²) in [4.78, 5) is 60.7. The van der Waals surface area contributed by atoms with E-state index in [-0.39, 0.29) is 49.5 Å². The molecule has 17 heteroatoms. The van der Waals surface area contributed by atoms with Crippen molar-refractivity contribution in [2.45, 2.75) is 52.9 Å². The number of hydrogen-bond acceptors (Lipinski definition) is 13. The summed E-state index contributed by atoms with van der Waals surface area (Å²) in [5, 5.41) is 7.19. The Labute approximate surface area is 260 Å². The second-order valence-electron chi connectivity index (χ2n) is 10.5. The summed E-state index contributed by atoms with van der Waals surface area (Å²) in [6.07, 6.45) is -2.95. The smallest absolute Gasteiger partial charge is 0.469 e. The zero-order chi connectivity index (χ0) is 32.8. The van der Waals surface area contributed by atoms with E-state index in [2.05, 4.69) is 20.7 Å². The van der Waals surface area contributed by atoms with Crippen LogP contribution in [0.5, 0.6) is 0 Å². The minimum atomic E-state index is -4.27. The van der Waals surface area contributed by atoms with Crippen molar-refractivity contribution in [3.8, 4) is 0 Å². The standard InChI is InChI=1S/C27H40N3O12PS/c1-18(2)21(30-26(35)38-15-19-9-7-6-8-10-19)24(33)44-14-13-29-25(34)39-17-41-43(36)40-16-27(3,4)22(42-43)23(32)28-12-11-20(31)37-5/h6-10,18,21-22H,11-17H2,1-5H3,(H,28,32)(H,29,34)(H,30,35)/t21-,22-,43?/m0/s1. The number of methoxy groups -OCH3 is 1. The molecule has 44 heavy (non-hydrogen) atoms. The number of hydrogen-bond donors (Lipinski definition) is 3. The number of benzene rings is 1. The third-order valence-corrected chi connectivity index (χ3v) is 8.34. The lowest BCUT2D eigenvalue weighted by atomic mass is 9.87. The van der Waals surface area contributed by atoms with Crippen LogP contribution in [-0.2, 0) is 53.3 Å². The van der Waals surface area contributed by atoms with Crippen LogP contribution in [0.3, 0.4) is 0 Å². The molecule has 0 aromatic heterocycles. The minimum absolute atomic E-state index is 0.0173. The summed E-state index contributed by atoms with van der Waals surface area (Å²) >= 11 is 0.909. The molecule has 3 atom stereocenters. The van der Waals surface area contributed by atoms with Gasteiger partial charge >= 0.3 is 26.0 Å². The molecule has 0 spiro atoms. The predicted molar refractivity (Wildman–Crippen MR) is 158 cm³/mol. The largest absolute Gasteiger partial charge is 0.478 e. The summed E-state index contributed by atoms with van der Waals surface area (Å²) in [6, 6.07) is 8.31. The van der Waals surface area contributed by atoms with Crippen LogP contribution in [0, 0.1) is 11.3 Å². The summed E-state index contributed by atoms with van der Waals surface area (Å²) in [5.74, 6) is -1.18. The quantitative estimate of drug-likeness (QED) is 0.0817. The predicted octanol–water partition coefficient (Wildman–Crippen LogP) is 3.13. The van der Waals surface area contributed by atoms with Crippen molar-refractivity contribution in [1.29, 1.82) is 0 Å². The number of esters is 1. The average molecular weight is 662 g/mol. The number of carbonyl (C=O) groups is 5. The average Bonchev–Trinajstić information content (AvgIpc) is 2.98. The van der Waals surface area contributed by atoms with E-state index in [0.29, 0.717) is 0 Å². The molecule has 1 heterocycles. The molecule has 0 radical (unpaired) electrons. The lowest BCUT2D eigenvalue weighted by Crippen LogP contribution is -2.50. The van der Waals surface area contributed by atoms with Crippen LogP contribution in [0.2, 0.25) is 0 Å². The molecule has 1 aromatic rings. The van der Waals surface area contributed by atoms with E-state index in [1.165, 1.54) is 7.11 Å². The van der Waals surface area contributed by atoms with Crippen molar-refractivity contribution in [2.75, 3.05) is 39.4 Å². The Morgan fingerprint density at radius 2 is 1.75 bits per heavy atom. The van der Waals surface area contributed by atoms with E-state index in [1.54, 1.807) is 27.7 Å². The summed E-state index contributed by atoms with van der Waals surface area (Å²) in [6.45, 7) is 5.99. The molecular formula is C27H40N3O12PS. The van der Waals surface area contributed by atoms with Crippen LogP contribution in [0.25, 0.3) is 0 Å². The first-order valence-corrected chi connectivity index (χ1v) is 16.2. The lowest BCUT2D eigenvalue weighted by Gasteiger charge is -2.39. The van der Waals surface area contributed by atoms with Gasteiger partial charge in [-0.25, -0.2) is 18.7 Å². The molecule has 2 rings (SSSR count). The molecule has 1 aromatic carbocycles. The molecule has 0 bridgehead atoms. The molecule has 1 aliphatic heterocycles. The highest BCUT2D eigenvalue weighted by atomic mass is 32.2. The number of thioether (sulfide) groups is 1. The van der Waals surface area contributed by atoms with Crippen LogP contribution in [0.4, 0.5) is 9.59 Å². The van der Waals surface area contributed by atoms with Crippen molar-refractivity contribution in [2.24, 2.45) is 11.3 Å². The van der Waals surface area contributed by atoms with Gasteiger partial charge in [0, 0.05) is 24.3 Å². The lowest BCUT2D eigenvalue weighted by molar-refractivity contribution is -0.144. The molecular weight excluding hydrogens is 621 g/mol. The van der Waals surface area contributed by atoms with Crippen molar-refractivity contribution in [1.82, 2.24) is 16.0 Å². The maximum absolute atomic E-state index is 12.9. The number of nitrogens with one attached hydrogen (secondary N) is 3. The first-order chi connectivity index (χ1) is 20.8. The first-order valence-electron chi connectivity index (χ1n) is 13.7. The molecule has 1 aliphatic rings. The van der Waals surface area contributed by atoms with Gasteiger partial charge in [0.05, 0.1) is 20.1 Å². The molecule has 246 valence electrons. The van der Waals surface area contributed by atoms with E-state index in [9.17, 15) is 28.5 Å². The topological polar surface area (TPSA) is 194 Å². The van der Waals surface area contributed by atoms with E-state index < -0.39 is 56.2 Å². The molecule has 15 nitrogen and oxygen atoms in total. The van der Waals surface area contributed by atoms with E-state index >= 15 is 0 Å². The van der Waals surface area contributed by atoms with Gasteiger partial charge in [0.2, 0.25) is 17.8 Å². The summed E-state index contributed by atoms with van der Waals surface area (Å²) in [7, 11) is -3.04. The van der Waals surface area contributed by atoms with Crippen LogP contribution in [0.15, 0.2) is 30.3 Å². The van der Waals surface area contributed by atoms with Gasteiger partial charge < -0.3 is 30.2 Å². The Kier molecular flexibility index (Phi) is 15.1. The van der Waals surface area contributed by atoms with Gasteiger partial charge in [-0.2, -0.15) is 0 Å². The fourth-order valence-electron chi connectivity index (χ4n) is 3.56. The Morgan fingerprint density at radius 3 is 2.41 bits per heavy atom. The number of amides is 3. The third-order valence-electron chi connectivity index (χ3n) is 6.06. The number of phosphoric ester groups is 1. The number of rotatable bonds is 15. The first kappa shape index (κ1) is 37.0. The van der Waals surface area contributed by atoms with Gasteiger partial charge in [-0.1, -0.05) is 69.8 Å². The van der Waals surface area contributed by atoms with Crippen molar-refractivity contribution >= 4 is 48.8 Å². The van der Waals surface area contributed by atoms with Gasteiger partial charge in [-0.3, -0.25) is 23.4 Å². The van der Waals surface area contributed by atoms with E-state index in [0.717, 1.165) is 17.3 Å². The third kappa shape index (κ3) is 12.8. The maximum atomic E-state index is 12.9. The van der Waals surface area contributed by atoms with Crippen LogP contribution < -0.4 is 16.0 Å². The number of ether oxygens (including phenoxy) is 3. The molecule has 1 saturated heterocycles. The second kappa shape index (κ2) is 18.0. The van der Waals surface area contributed by atoms with Crippen LogP contribution >= 0.6 is 19.6 Å². The Hall–Kier alpha value is -3.17. The Bertz CT molecular complexity index is 1180. The highest BCUT2D eigenvalue weighted by Gasteiger charge is 2.49. The zero-order valence-electron chi connectivity index (χ0n) is 25.3. The second-order valence-corrected chi connectivity index (χ2v) is 13.2. The van der Waals surface area contributed by atoms with Crippen LogP contribution in [-0.4, -0.2) is 80.7 Å². The van der Waals surface area contributed by atoms with Gasteiger partial charge in [0.25, 0.3) is 0 Å². The Balaban J connectivity index is 1.70. The number of phosphoric acid groups is 1. The molecule has 3 amide bonds. The van der Waals surface area contributed by atoms with Gasteiger partial charge in [-0.05, 0) is 11.5 Å². The fourth-order valence-corrected chi connectivity index (χ4v) is 5.98. The molecule has 1 unspecified atom stereocenters. The number of carbonyl (C=O) groups excluding carboxylic acids is 5. The molecule has 0 saturated carbocycles. The summed E-state index contributed by atoms with van der Waals surface area (Å²) < 4.78 is 43.0. The van der Waals surface area contributed by atoms with Crippen molar-refractivity contribution in [3.63, 3.8) is 0 Å². The highest BCUT2D eigenvalue weighted by molar-refractivity contribution is 8.13. The maximum Gasteiger partial charge on any atom is 0.478 e. The fraction of sp³-hybridized carbons (Fsp3) is 0.593. The van der Waals surface area contributed by atoms with Gasteiger partial charge in [-0.15, -0.1) is 0 Å².